The Balaban J connectivity index is 2.43. The highest BCUT2D eigenvalue weighted by molar-refractivity contribution is 8.05. The third-order valence-corrected chi connectivity index (χ3v) is 9.92. The lowest BCUT2D eigenvalue weighted by Crippen LogP contribution is -2.66. The summed E-state index contributed by atoms with van der Waals surface area (Å²) in [5, 5.41) is -14.6. The predicted molar refractivity (Wildman–Crippen MR) is 101 cm³/mol. The van der Waals surface area contributed by atoms with Crippen molar-refractivity contribution in [2.24, 2.45) is 17.8 Å². The average Bonchev–Trinajstić information content (AvgIpc) is 3.28. The number of sulfonamides is 2. The summed E-state index contributed by atoms with van der Waals surface area (Å²) in [5.74, 6) is -28.5. The Bertz CT molecular complexity index is 1230. The maximum Gasteiger partial charge on any atom is 0.460 e. The molecule has 0 amide bonds. The van der Waals surface area contributed by atoms with E-state index < -0.39 is 94.9 Å². The quantitative estimate of drug-likeness (QED) is 0.215. The highest BCUT2D eigenvalue weighted by Crippen LogP contribution is 2.60. The van der Waals surface area contributed by atoms with Crippen LogP contribution in [0.5, 0.6) is 0 Å². The van der Waals surface area contributed by atoms with Crippen LogP contribution >= 0.6 is 0 Å². The third-order valence-electron chi connectivity index (χ3n) is 6.29. The van der Waals surface area contributed by atoms with E-state index in [-0.39, 0.29) is 18.4 Å². The zero-order valence-corrected chi connectivity index (χ0v) is 20.5. The van der Waals surface area contributed by atoms with Gasteiger partial charge in [-0.3, -0.25) is 0 Å². The fourth-order valence-electron chi connectivity index (χ4n) is 4.27. The minimum Gasteiger partial charge on any atom is -0.458 e. The van der Waals surface area contributed by atoms with E-state index in [0.717, 1.165) is 6.92 Å². The number of fused-ring (bicyclic) bond motifs is 2. The Kier molecular flexibility index (Phi) is 8.00. The van der Waals surface area contributed by atoms with Crippen LogP contribution in [0.4, 0.5) is 57.1 Å². The molecule has 228 valence electrons. The normalized spacial score (nSPS) is 25.6. The van der Waals surface area contributed by atoms with E-state index in [0.29, 0.717) is 0 Å². The molecule has 1 N–H and O–H groups in total. The van der Waals surface area contributed by atoms with Crippen LogP contribution in [0.25, 0.3) is 0 Å². The van der Waals surface area contributed by atoms with Crippen molar-refractivity contribution >= 4 is 26.0 Å². The molecule has 0 saturated heterocycles. The number of carbonyl (C=O) groups excluding carboxylic acids is 1. The van der Waals surface area contributed by atoms with Gasteiger partial charge < -0.3 is 4.74 Å². The molecule has 4 atom stereocenters. The van der Waals surface area contributed by atoms with Gasteiger partial charge in [0.25, 0.3) is 20.0 Å². The molecule has 0 aromatic heterocycles. The van der Waals surface area contributed by atoms with E-state index in [1.165, 1.54) is 0 Å². The van der Waals surface area contributed by atoms with Crippen molar-refractivity contribution in [3.05, 3.63) is 12.2 Å². The molecular weight excluding hydrogens is 625 g/mol. The zero-order chi connectivity index (χ0) is 31.0. The Morgan fingerprint density at radius 1 is 0.795 bits per heavy atom. The Morgan fingerprint density at radius 2 is 1.26 bits per heavy atom. The van der Waals surface area contributed by atoms with E-state index in [1.54, 1.807) is 0 Å². The van der Waals surface area contributed by atoms with E-state index in [1.807, 2.05) is 0 Å². The number of nitrogens with one attached hydrogen (secondary N) is 1. The molecule has 2 fully saturated rings. The van der Waals surface area contributed by atoms with Crippen LogP contribution < -0.4 is 4.13 Å². The predicted octanol–water partition coefficient (Wildman–Crippen LogP) is 4.42. The Hall–Kier alpha value is -1.84. The fourth-order valence-corrected chi connectivity index (χ4v) is 7.23. The molecule has 7 nitrogen and oxygen atoms in total. The molecule has 2 aliphatic carbocycles. The van der Waals surface area contributed by atoms with Crippen molar-refractivity contribution in [2.45, 2.75) is 66.7 Å². The second kappa shape index (κ2) is 9.35. The number of carbonyl (C=O) groups is 1. The molecule has 4 unspecified atom stereocenters. The standard InChI is InChI=1S/C17H16F13NO6S2/c1-6(2)11(32)37-10-7-3-4-8(10)9(5-7)12(18,19)16(27,28)38(33,34)31-39(35,36)17(29,30)14(22,23)13(20,21)15(24,25)26/h7-10,31H,1,3-5H2,2H3. The molecule has 0 aromatic carbocycles. The van der Waals surface area contributed by atoms with Crippen LogP contribution in [0.3, 0.4) is 0 Å². The summed E-state index contributed by atoms with van der Waals surface area (Å²) < 4.78 is 226. The minimum absolute atomic E-state index is 0.00502. The summed E-state index contributed by atoms with van der Waals surface area (Å²) >= 11 is 0. The van der Waals surface area contributed by atoms with Gasteiger partial charge in [0, 0.05) is 17.4 Å². The largest absolute Gasteiger partial charge is 0.460 e. The van der Waals surface area contributed by atoms with Crippen LogP contribution in [0, 0.1) is 17.8 Å². The van der Waals surface area contributed by atoms with E-state index >= 15 is 0 Å². The summed E-state index contributed by atoms with van der Waals surface area (Å²) in [5.41, 5.74) is -0.249. The number of esters is 1. The smallest absolute Gasteiger partial charge is 0.458 e. The van der Waals surface area contributed by atoms with Gasteiger partial charge in [0.2, 0.25) is 0 Å². The Labute approximate surface area is 210 Å². The lowest BCUT2D eigenvalue weighted by molar-refractivity contribution is -0.382. The van der Waals surface area contributed by atoms with Crippen molar-refractivity contribution in [3.63, 3.8) is 0 Å². The summed E-state index contributed by atoms with van der Waals surface area (Å²) in [6, 6.07) is 0. The van der Waals surface area contributed by atoms with Crippen molar-refractivity contribution in [1.82, 2.24) is 4.13 Å². The maximum atomic E-state index is 14.9. The van der Waals surface area contributed by atoms with Crippen LogP contribution in [-0.2, 0) is 29.6 Å². The van der Waals surface area contributed by atoms with Crippen LogP contribution in [0.1, 0.15) is 26.2 Å². The second-order valence-corrected chi connectivity index (χ2v) is 12.6. The topological polar surface area (TPSA) is 107 Å². The van der Waals surface area contributed by atoms with Crippen LogP contribution in [-0.4, -0.2) is 63.4 Å². The number of hydrogen-bond donors (Lipinski definition) is 1. The van der Waals surface area contributed by atoms with Gasteiger partial charge in [0.1, 0.15) is 6.10 Å². The van der Waals surface area contributed by atoms with Gasteiger partial charge in [0.15, 0.2) is 0 Å². The summed E-state index contributed by atoms with van der Waals surface area (Å²) in [6.07, 6.45) is -10.4. The molecule has 2 saturated carbocycles. The summed E-state index contributed by atoms with van der Waals surface area (Å²) in [4.78, 5) is 11.7. The zero-order valence-electron chi connectivity index (χ0n) is 18.8. The molecule has 0 aliphatic heterocycles. The fraction of sp³-hybridized carbons (Fsp3) is 0.824. The van der Waals surface area contributed by atoms with Crippen LogP contribution in [0.15, 0.2) is 12.2 Å². The molecular formula is C17H16F13NO6S2. The van der Waals surface area contributed by atoms with Gasteiger partial charge in [0.05, 0.1) is 0 Å². The van der Waals surface area contributed by atoms with Crippen molar-refractivity contribution < 1.29 is 83.4 Å². The van der Waals surface area contributed by atoms with Gasteiger partial charge in [-0.15, -0.1) is 0 Å². The number of ether oxygens (including phenoxy) is 1. The van der Waals surface area contributed by atoms with Gasteiger partial charge in [-0.05, 0) is 32.1 Å². The number of halogens is 13. The van der Waals surface area contributed by atoms with Crippen molar-refractivity contribution in [2.75, 3.05) is 0 Å². The first kappa shape index (κ1) is 33.4. The van der Waals surface area contributed by atoms with Gasteiger partial charge in [-0.1, -0.05) is 10.7 Å². The molecule has 0 radical (unpaired) electrons. The Morgan fingerprint density at radius 3 is 1.69 bits per heavy atom. The summed E-state index contributed by atoms with van der Waals surface area (Å²) in [7, 11) is -16.0. The molecule has 2 rings (SSSR count). The molecule has 0 aromatic rings. The first-order chi connectivity index (χ1) is 17.0. The highest BCUT2D eigenvalue weighted by atomic mass is 32.3. The second-order valence-electron chi connectivity index (χ2n) is 8.89. The molecule has 2 aliphatic rings. The number of rotatable bonds is 10. The third kappa shape index (κ3) is 4.86. The van der Waals surface area contributed by atoms with Gasteiger partial charge in [-0.2, -0.15) is 57.1 Å². The molecule has 0 spiro atoms. The lowest BCUT2D eigenvalue weighted by atomic mass is 9.84. The first-order valence-corrected chi connectivity index (χ1v) is 13.1. The van der Waals surface area contributed by atoms with Crippen LogP contribution in [0.2, 0.25) is 0 Å². The van der Waals surface area contributed by atoms with Crippen molar-refractivity contribution in [1.29, 1.82) is 0 Å². The molecule has 39 heavy (non-hydrogen) atoms. The van der Waals surface area contributed by atoms with Gasteiger partial charge >= 0.3 is 40.4 Å². The molecule has 2 bridgehead atoms. The SMILES string of the molecule is C=C(C)C(=O)OC1C2CCC1C(C(F)(F)C(F)(F)S(=O)(=O)NS(=O)(=O)C(F)(F)C(F)(F)C(F)(F)C(F)(F)F)C2. The van der Waals surface area contributed by atoms with E-state index in [9.17, 15) is 78.7 Å². The minimum atomic E-state index is -8.23. The maximum absolute atomic E-state index is 14.9. The molecule has 22 heteroatoms. The van der Waals surface area contributed by atoms with Gasteiger partial charge in [-0.25, -0.2) is 21.6 Å². The van der Waals surface area contributed by atoms with Crippen molar-refractivity contribution in [3.8, 4) is 0 Å². The monoisotopic (exact) mass is 641 g/mol. The highest BCUT2D eigenvalue weighted by Gasteiger charge is 2.86. The average molecular weight is 641 g/mol. The van der Waals surface area contributed by atoms with E-state index in [4.69, 9.17) is 4.74 Å². The number of alkyl halides is 13. The number of hydrogen-bond acceptors (Lipinski definition) is 6. The summed E-state index contributed by atoms with van der Waals surface area (Å²) in [6.45, 7) is 4.32. The first-order valence-electron chi connectivity index (χ1n) is 10.1. The van der Waals surface area contributed by atoms with E-state index in [2.05, 4.69) is 6.58 Å². The lowest BCUT2D eigenvalue weighted by Gasteiger charge is -2.36. The molecule has 0 heterocycles.